The molecule has 2 aromatic carbocycles. The summed E-state index contributed by atoms with van der Waals surface area (Å²) in [5.74, 6) is -0.382. The molecule has 28 heavy (non-hydrogen) atoms. The van der Waals surface area contributed by atoms with E-state index in [1.54, 1.807) is 0 Å². The molecule has 0 aliphatic heterocycles. The van der Waals surface area contributed by atoms with Gasteiger partial charge in [-0.2, -0.15) is 5.10 Å². The van der Waals surface area contributed by atoms with E-state index in [2.05, 4.69) is 31.8 Å². The van der Waals surface area contributed by atoms with Crippen molar-refractivity contribution in [3.05, 3.63) is 58.3 Å². The predicted molar refractivity (Wildman–Crippen MR) is 110 cm³/mol. The summed E-state index contributed by atoms with van der Waals surface area (Å²) >= 11 is 3.43. The van der Waals surface area contributed by atoms with Gasteiger partial charge in [0.05, 0.1) is 16.8 Å². The third-order valence-corrected chi connectivity index (χ3v) is 4.05. The van der Waals surface area contributed by atoms with E-state index in [1.165, 1.54) is 30.5 Å². The summed E-state index contributed by atoms with van der Waals surface area (Å²) in [6.07, 6.45) is 1.54. The van der Waals surface area contributed by atoms with E-state index >= 15 is 0 Å². The van der Waals surface area contributed by atoms with E-state index in [9.17, 15) is 14.0 Å². The molecule has 0 heterocycles. The maximum Gasteiger partial charge on any atom is 0.240 e. The first-order valence-electron chi connectivity index (χ1n) is 8.67. The quantitative estimate of drug-likeness (QED) is 0.467. The molecule has 0 unspecified atom stereocenters. The van der Waals surface area contributed by atoms with Crippen molar-refractivity contribution >= 4 is 39.6 Å². The van der Waals surface area contributed by atoms with Gasteiger partial charge in [-0.3, -0.25) is 9.59 Å². The minimum absolute atomic E-state index is 0.00842. The molecule has 0 saturated carbocycles. The lowest BCUT2D eigenvalue weighted by molar-refractivity contribution is -0.124. The van der Waals surface area contributed by atoms with Crippen LogP contribution in [0.1, 0.15) is 32.3 Å². The molecular formula is C20H21BrFN3O3. The molecule has 0 spiro atoms. The van der Waals surface area contributed by atoms with Crippen molar-refractivity contribution < 1.29 is 18.7 Å². The van der Waals surface area contributed by atoms with Crippen molar-refractivity contribution in [2.45, 2.75) is 32.8 Å². The smallest absolute Gasteiger partial charge is 0.240 e. The average Bonchev–Trinajstić information content (AvgIpc) is 2.64. The zero-order valence-electron chi connectivity index (χ0n) is 15.5. The summed E-state index contributed by atoms with van der Waals surface area (Å²) in [6, 6.07) is 10.8. The fraction of sp³-hybridized carbons (Fsp3) is 0.250. The van der Waals surface area contributed by atoms with Crippen molar-refractivity contribution in [2.75, 3.05) is 5.32 Å². The molecule has 0 radical (unpaired) electrons. The molecule has 2 amide bonds. The standard InChI is InChI=1S/C20H21BrFN3O3/c1-13(2)28-18-8-3-14(11-17(18)21)12-23-25-20(27)10-9-19(26)24-16-6-4-15(22)5-7-16/h3-8,11-13H,9-10H2,1-2H3,(H,24,26)(H,25,27). The SMILES string of the molecule is CC(C)Oc1ccc(C=NNC(=O)CCC(=O)Nc2ccc(F)cc2)cc1Br. The van der Waals surface area contributed by atoms with Crippen molar-refractivity contribution in [2.24, 2.45) is 5.10 Å². The van der Waals surface area contributed by atoms with Crippen LogP contribution in [0.25, 0.3) is 0 Å². The Morgan fingerprint density at radius 1 is 1.14 bits per heavy atom. The molecule has 2 N–H and O–H groups in total. The highest BCUT2D eigenvalue weighted by Gasteiger charge is 2.07. The molecule has 148 valence electrons. The van der Waals surface area contributed by atoms with Gasteiger partial charge in [-0.05, 0) is 77.8 Å². The van der Waals surface area contributed by atoms with E-state index in [4.69, 9.17) is 4.74 Å². The van der Waals surface area contributed by atoms with E-state index in [0.29, 0.717) is 5.69 Å². The first-order chi connectivity index (χ1) is 13.3. The molecular weight excluding hydrogens is 429 g/mol. The van der Waals surface area contributed by atoms with Crippen LogP contribution in [0.15, 0.2) is 52.0 Å². The number of hydrogen-bond acceptors (Lipinski definition) is 4. The highest BCUT2D eigenvalue weighted by Crippen LogP contribution is 2.26. The van der Waals surface area contributed by atoms with E-state index < -0.39 is 0 Å². The molecule has 0 aliphatic carbocycles. The predicted octanol–water partition coefficient (Wildman–Crippen LogP) is 4.24. The molecule has 0 bridgehead atoms. The van der Waals surface area contributed by atoms with Crippen molar-refractivity contribution in [3.63, 3.8) is 0 Å². The van der Waals surface area contributed by atoms with Gasteiger partial charge in [0.2, 0.25) is 11.8 Å². The largest absolute Gasteiger partial charge is 0.490 e. The third kappa shape index (κ3) is 7.48. The number of ether oxygens (including phenoxy) is 1. The number of hydrazone groups is 1. The number of anilines is 1. The van der Waals surface area contributed by atoms with Gasteiger partial charge in [0, 0.05) is 18.5 Å². The minimum Gasteiger partial charge on any atom is -0.490 e. The molecule has 2 rings (SSSR count). The highest BCUT2D eigenvalue weighted by atomic mass is 79.9. The van der Waals surface area contributed by atoms with Gasteiger partial charge in [-0.15, -0.1) is 0 Å². The van der Waals surface area contributed by atoms with Crippen LogP contribution in [0.5, 0.6) is 5.75 Å². The number of nitrogens with zero attached hydrogens (tertiary/aromatic N) is 1. The molecule has 0 aromatic heterocycles. The van der Waals surface area contributed by atoms with Crippen LogP contribution in [0, 0.1) is 5.82 Å². The van der Waals surface area contributed by atoms with Crippen molar-refractivity contribution in [3.8, 4) is 5.75 Å². The number of hydrogen-bond donors (Lipinski definition) is 2. The number of amides is 2. The minimum atomic E-state index is -0.385. The fourth-order valence-electron chi connectivity index (χ4n) is 2.17. The summed E-state index contributed by atoms with van der Waals surface area (Å²) in [6.45, 7) is 3.88. The molecule has 0 fully saturated rings. The molecule has 2 aromatic rings. The second kappa shape index (κ2) is 10.6. The summed E-state index contributed by atoms with van der Waals surface area (Å²) in [4.78, 5) is 23.6. The van der Waals surface area contributed by atoms with Gasteiger partial charge in [0.25, 0.3) is 0 Å². The van der Waals surface area contributed by atoms with E-state index in [-0.39, 0.29) is 36.6 Å². The normalized spacial score (nSPS) is 10.9. The maximum absolute atomic E-state index is 12.8. The van der Waals surface area contributed by atoms with Gasteiger partial charge >= 0.3 is 0 Å². The first-order valence-corrected chi connectivity index (χ1v) is 9.46. The third-order valence-electron chi connectivity index (χ3n) is 3.43. The van der Waals surface area contributed by atoms with Gasteiger partial charge in [-0.1, -0.05) is 0 Å². The second-order valence-electron chi connectivity index (χ2n) is 6.20. The van der Waals surface area contributed by atoms with Gasteiger partial charge in [0.15, 0.2) is 0 Å². The molecule has 0 aliphatic rings. The highest BCUT2D eigenvalue weighted by molar-refractivity contribution is 9.10. The van der Waals surface area contributed by atoms with Crippen LogP contribution < -0.4 is 15.5 Å². The summed E-state index contributed by atoms with van der Waals surface area (Å²) in [7, 11) is 0. The number of benzene rings is 2. The van der Waals surface area contributed by atoms with Crippen molar-refractivity contribution in [1.82, 2.24) is 5.43 Å². The lowest BCUT2D eigenvalue weighted by Crippen LogP contribution is -2.20. The molecule has 6 nitrogen and oxygen atoms in total. The number of nitrogens with one attached hydrogen (secondary N) is 2. The van der Waals surface area contributed by atoms with E-state index in [0.717, 1.165) is 15.8 Å². The Balaban J connectivity index is 1.76. The molecule has 0 atom stereocenters. The number of carbonyl (C=O) groups excluding carboxylic acids is 2. The topological polar surface area (TPSA) is 79.8 Å². The van der Waals surface area contributed by atoms with Gasteiger partial charge < -0.3 is 10.1 Å². The first kappa shape index (κ1) is 21.6. The lowest BCUT2D eigenvalue weighted by atomic mass is 10.2. The monoisotopic (exact) mass is 449 g/mol. The zero-order valence-corrected chi connectivity index (χ0v) is 17.1. The second-order valence-corrected chi connectivity index (χ2v) is 7.06. The summed E-state index contributed by atoms with van der Waals surface area (Å²) < 4.78 is 19.2. The van der Waals surface area contributed by atoms with Crippen LogP contribution in [0.2, 0.25) is 0 Å². The Kier molecular flexibility index (Phi) is 8.13. The van der Waals surface area contributed by atoms with Crippen LogP contribution in [0.4, 0.5) is 10.1 Å². The van der Waals surface area contributed by atoms with Crippen LogP contribution >= 0.6 is 15.9 Å². The Labute approximate surface area is 171 Å². The van der Waals surface area contributed by atoms with Gasteiger partial charge in [-0.25, -0.2) is 9.82 Å². The zero-order chi connectivity index (χ0) is 20.5. The van der Waals surface area contributed by atoms with Crippen LogP contribution in [-0.4, -0.2) is 24.1 Å². The molecule has 0 saturated heterocycles. The Hall–Kier alpha value is -2.74. The number of halogens is 2. The average molecular weight is 450 g/mol. The Bertz CT molecular complexity index is 854. The maximum atomic E-state index is 12.8. The number of carbonyl (C=O) groups is 2. The van der Waals surface area contributed by atoms with Gasteiger partial charge in [0.1, 0.15) is 11.6 Å². The van der Waals surface area contributed by atoms with Crippen LogP contribution in [0.3, 0.4) is 0 Å². The Morgan fingerprint density at radius 2 is 1.82 bits per heavy atom. The number of rotatable bonds is 8. The summed E-state index contributed by atoms with van der Waals surface area (Å²) in [5.41, 5.74) is 3.63. The van der Waals surface area contributed by atoms with E-state index in [1.807, 2.05) is 32.0 Å². The molecule has 8 heteroatoms. The van der Waals surface area contributed by atoms with Crippen molar-refractivity contribution in [1.29, 1.82) is 0 Å². The Morgan fingerprint density at radius 3 is 2.46 bits per heavy atom. The fourth-order valence-corrected chi connectivity index (χ4v) is 2.66. The van der Waals surface area contributed by atoms with Crippen LogP contribution in [-0.2, 0) is 9.59 Å². The lowest BCUT2D eigenvalue weighted by Gasteiger charge is -2.11. The summed E-state index contributed by atoms with van der Waals surface area (Å²) in [5, 5.41) is 6.48.